The Morgan fingerprint density at radius 2 is 1.89 bits per heavy atom. The summed E-state index contributed by atoms with van der Waals surface area (Å²) in [5.74, 6) is -1.19. The highest BCUT2D eigenvalue weighted by atomic mass is 16.4. The van der Waals surface area contributed by atoms with Crippen LogP contribution >= 0.6 is 0 Å². The Hall–Kier alpha value is -1.10. The number of nitrogens with two attached hydrogens (primary N) is 1. The average Bonchev–Trinajstić information content (AvgIpc) is 2.43. The lowest BCUT2D eigenvalue weighted by Crippen LogP contribution is -2.53. The van der Waals surface area contributed by atoms with Crippen molar-refractivity contribution < 1.29 is 14.7 Å². The number of nitrogens with one attached hydrogen (secondary N) is 1. The number of hydrogen-bond acceptors (Lipinski definition) is 3. The molecule has 0 saturated heterocycles. The number of aliphatic carboxylic acids is 1. The Balaban J connectivity index is 2.62. The first kappa shape index (κ1) is 16.0. The summed E-state index contributed by atoms with van der Waals surface area (Å²) >= 11 is 0. The van der Waals surface area contributed by atoms with Gasteiger partial charge in [-0.1, -0.05) is 39.5 Å². The van der Waals surface area contributed by atoms with Crippen molar-refractivity contribution in [1.82, 2.24) is 5.32 Å². The molecule has 1 aliphatic carbocycles. The minimum absolute atomic E-state index is 0.0410. The predicted molar refractivity (Wildman–Crippen MR) is 73.6 cm³/mol. The van der Waals surface area contributed by atoms with Crippen LogP contribution in [0.1, 0.15) is 52.4 Å². The van der Waals surface area contributed by atoms with E-state index in [0.29, 0.717) is 0 Å². The molecule has 1 fully saturated rings. The monoisotopic (exact) mass is 270 g/mol. The summed E-state index contributed by atoms with van der Waals surface area (Å²) in [6.45, 7) is 3.87. The van der Waals surface area contributed by atoms with Crippen LogP contribution in [0.5, 0.6) is 0 Å². The van der Waals surface area contributed by atoms with E-state index < -0.39 is 18.1 Å². The summed E-state index contributed by atoms with van der Waals surface area (Å²) in [5, 5.41) is 11.9. The van der Waals surface area contributed by atoms with Crippen LogP contribution in [0, 0.1) is 11.8 Å². The molecule has 0 aromatic heterocycles. The first-order valence-electron chi connectivity index (χ1n) is 7.26. The van der Waals surface area contributed by atoms with Gasteiger partial charge in [-0.15, -0.1) is 0 Å². The maximum atomic E-state index is 12.0. The number of rotatable bonds is 6. The van der Waals surface area contributed by atoms with Crippen molar-refractivity contribution in [2.45, 2.75) is 64.5 Å². The molecule has 1 amide bonds. The molecule has 19 heavy (non-hydrogen) atoms. The molecule has 0 aromatic carbocycles. The zero-order valence-corrected chi connectivity index (χ0v) is 11.9. The molecule has 4 N–H and O–H groups in total. The Bertz CT molecular complexity index is 314. The first-order valence-corrected chi connectivity index (χ1v) is 7.26. The summed E-state index contributed by atoms with van der Waals surface area (Å²) < 4.78 is 0. The third-order valence-corrected chi connectivity index (χ3v) is 4.24. The summed E-state index contributed by atoms with van der Waals surface area (Å²) in [4.78, 5) is 23.3. The van der Waals surface area contributed by atoms with Crippen LogP contribution in [0.3, 0.4) is 0 Å². The van der Waals surface area contributed by atoms with Crippen LogP contribution in [0.25, 0.3) is 0 Å². The van der Waals surface area contributed by atoms with Crippen LogP contribution in [-0.4, -0.2) is 29.1 Å². The van der Waals surface area contributed by atoms with Gasteiger partial charge in [0.15, 0.2) is 0 Å². The molecule has 1 aliphatic rings. The lowest BCUT2D eigenvalue weighted by molar-refractivity contribution is -0.144. The van der Waals surface area contributed by atoms with Crippen molar-refractivity contribution in [3.8, 4) is 0 Å². The van der Waals surface area contributed by atoms with Crippen LogP contribution in [0.2, 0.25) is 0 Å². The standard InChI is InChI=1S/C14H26N2O3/c1-3-9(2)11(15)13(17)16-12(14(18)19)10-7-5-4-6-8-10/h9-12H,3-8,15H2,1-2H3,(H,16,17)(H,18,19)/t9?,11-,12?/m0/s1. The molecule has 0 aromatic rings. The number of carbonyl (C=O) groups excluding carboxylic acids is 1. The van der Waals surface area contributed by atoms with E-state index in [4.69, 9.17) is 5.73 Å². The van der Waals surface area contributed by atoms with E-state index in [1.165, 1.54) is 0 Å². The van der Waals surface area contributed by atoms with E-state index >= 15 is 0 Å². The third kappa shape index (κ3) is 4.49. The van der Waals surface area contributed by atoms with Crippen molar-refractivity contribution in [2.75, 3.05) is 0 Å². The molecule has 5 heteroatoms. The number of amides is 1. The lowest BCUT2D eigenvalue weighted by Gasteiger charge is -2.29. The summed E-state index contributed by atoms with van der Waals surface area (Å²) in [5.41, 5.74) is 5.84. The number of hydrogen-bond donors (Lipinski definition) is 3. The van der Waals surface area contributed by atoms with Gasteiger partial charge >= 0.3 is 5.97 Å². The lowest BCUT2D eigenvalue weighted by atomic mass is 9.83. The molecule has 0 aliphatic heterocycles. The Kier molecular flexibility index (Phi) is 6.28. The van der Waals surface area contributed by atoms with Crippen LogP contribution in [-0.2, 0) is 9.59 Å². The molecule has 1 rings (SSSR count). The van der Waals surface area contributed by atoms with Crippen LogP contribution in [0.4, 0.5) is 0 Å². The Morgan fingerprint density at radius 1 is 1.32 bits per heavy atom. The normalized spacial score (nSPS) is 21.4. The minimum atomic E-state index is -0.948. The second-order valence-corrected chi connectivity index (χ2v) is 5.63. The smallest absolute Gasteiger partial charge is 0.326 e. The fraction of sp³-hybridized carbons (Fsp3) is 0.857. The van der Waals surface area contributed by atoms with Gasteiger partial charge < -0.3 is 16.2 Å². The largest absolute Gasteiger partial charge is 0.480 e. The van der Waals surface area contributed by atoms with Gasteiger partial charge in [0.2, 0.25) is 5.91 Å². The van der Waals surface area contributed by atoms with Gasteiger partial charge in [-0.2, -0.15) is 0 Å². The zero-order valence-electron chi connectivity index (χ0n) is 11.9. The van der Waals surface area contributed by atoms with Gasteiger partial charge in [0.05, 0.1) is 6.04 Å². The maximum Gasteiger partial charge on any atom is 0.326 e. The molecule has 2 unspecified atom stereocenters. The average molecular weight is 270 g/mol. The van der Waals surface area contributed by atoms with Crippen LogP contribution < -0.4 is 11.1 Å². The molecule has 0 spiro atoms. The second kappa shape index (κ2) is 7.48. The molecular weight excluding hydrogens is 244 g/mol. The fourth-order valence-electron chi connectivity index (χ4n) is 2.61. The molecule has 110 valence electrons. The minimum Gasteiger partial charge on any atom is -0.480 e. The molecule has 0 bridgehead atoms. The SMILES string of the molecule is CCC(C)[C@H](N)C(=O)NC(C(=O)O)C1CCCCC1. The van der Waals surface area contributed by atoms with Gasteiger partial charge in [-0.05, 0) is 24.7 Å². The molecule has 5 nitrogen and oxygen atoms in total. The molecular formula is C14H26N2O3. The van der Waals surface area contributed by atoms with Crippen molar-refractivity contribution in [3.63, 3.8) is 0 Å². The van der Waals surface area contributed by atoms with Gasteiger partial charge in [0.25, 0.3) is 0 Å². The first-order chi connectivity index (χ1) is 8.97. The number of carboxylic acids is 1. The van der Waals surface area contributed by atoms with Gasteiger partial charge in [-0.3, -0.25) is 4.79 Å². The van der Waals surface area contributed by atoms with Gasteiger partial charge in [0, 0.05) is 0 Å². The summed E-state index contributed by atoms with van der Waals surface area (Å²) in [6, 6.07) is -1.42. The van der Waals surface area contributed by atoms with E-state index in [2.05, 4.69) is 5.32 Å². The van der Waals surface area contributed by atoms with Crippen molar-refractivity contribution in [1.29, 1.82) is 0 Å². The maximum absolute atomic E-state index is 12.0. The van der Waals surface area contributed by atoms with Crippen LogP contribution in [0.15, 0.2) is 0 Å². The highest BCUT2D eigenvalue weighted by molar-refractivity contribution is 5.87. The second-order valence-electron chi connectivity index (χ2n) is 5.63. The molecule has 0 radical (unpaired) electrons. The highest BCUT2D eigenvalue weighted by Gasteiger charge is 2.32. The van der Waals surface area contributed by atoms with E-state index in [-0.39, 0.29) is 17.7 Å². The van der Waals surface area contributed by atoms with E-state index in [1.54, 1.807) is 0 Å². The number of carbonyl (C=O) groups is 2. The molecule has 0 heterocycles. The topological polar surface area (TPSA) is 92.4 Å². The van der Waals surface area contributed by atoms with Crippen molar-refractivity contribution in [3.05, 3.63) is 0 Å². The highest BCUT2D eigenvalue weighted by Crippen LogP contribution is 2.26. The van der Waals surface area contributed by atoms with Crippen molar-refractivity contribution >= 4 is 11.9 Å². The molecule has 1 saturated carbocycles. The van der Waals surface area contributed by atoms with Crippen molar-refractivity contribution in [2.24, 2.45) is 17.6 Å². The van der Waals surface area contributed by atoms with Gasteiger partial charge in [-0.25, -0.2) is 4.79 Å². The Morgan fingerprint density at radius 3 is 2.37 bits per heavy atom. The Labute approximate surface area is 114 Å². The third-order valence-electron chi connectivity index (χ3n) is 4.24. The number of carboxylic acid groups (broad SMARTS) is 1. The van der Waals surface area contributed by atoms with E-state index in [9.17, 15) is 14.7 Å². The quantitative estimate of drug-likeness (QED) is 0.682. The molecule has 3 atom stereocenters. The fourth-order valence-corrected chi connectivity index (χ4v) is 2.61. The predicted octanol–water partition coefficient (Wildman–Crippen LogP) is 1.51. The van der Waals surface area contributed by atoms with E-state index in [0.717, 1.165) is 38.5 Å². The van der Waals surface area contributed by atoms with Gasteiger partial charge in [0.1, 0.15) is 6.04 Å². The zero-order chi connectivity index (χ0) is 14.4. The van der Waals surface area contributed by atoms with E-state index in [1.807, 2.05) is 13.8 Å². The summed E-state index contributed by atoms with van der Waals surface area (Å²) in [6.07, 6.45) is 5.79. The summed E-state index contributed by atoms with van der Waals surface area (Å²) in [7, 11) is 0.